The van der Waals surface area contributed by atoms with Gasteiger partial charge < -0.3 is 30.9 Å². The molecule has 2 spiro atoms. The van der Waals surface area contributed by atoms with Crippen LogP contribution in [0.5, 0.6) is 0 Å². The number of carbonyl (C=O) groups is 1. The number of hydrogen-bond acceptors (Lipinski definition) is 5. The zero-order chi connectivity index (χ0) is 25.7. The lowest BCUT2D eigenvalue weighted by molar-refractivity contribution is -0.142. The lowest BCUT2D eigenvalue weighted by Gasteiger charge is -2.61. The number of aliphatic imine (C=N–C) groups is 1. The van der Waals surface area contributed by atoms with E-state index in [0.29, 0.717) is 24.8 Å². The number of carboxylic acid groups (broad SMARTS) is 1. The van der Waals surface area contributed by atoms with Crippen LogP contribution in [0.2, 0.25) is 0 Å². The van der Waals surface area contributed by atoms with Crippen molar-refractivity contribution >= 4 is 11.9 Å². The quantitative estimate of drug-likeness (QED) is 0.327. The van der Waals surface area contributed by atoms with Gasteiger partial charge >= 0.3 is 5.97 Å². The largest absolute Gasteiger partial charge is 0.478 e. The Morgan fingerprint density at radius 1 is 1.28 bits per heavy atom. The number of nitrogens with zero attached hydrogens (tertiary/aromatic N) is 2. The molecule has 6 atom stereocenters. The fraction of sp³-hybridized carbons (Fsp3) is 0.786. The fourth-order valence-corrected chi connectivity index (χ4v) is 9.10. The lowest BCUT2D eigenvalue weighted by Crippen LogP contribution is -2.62. The Bertz CT molecular complexity index is 973. The van der Waals surface area contributed by atoms with E-state index in [-0.39, 0.29) is 35.5 Å². The van der Waals surface area contributed by atoms with Crippen molar-refractivity contribution in [1.29, 1.82) is 0 Å². The van der Waals surface area contributed by atoms with Crippen LogP contribution in [0, 0.1) is 28.6 Å². The Labute approximate surface area is 215 Å². The highest BCUT2D eigenvalue weighted by Crippen LogP contribution is 2.77. The number of aliphatic hydroxyl groups is 1. The molecule has 0 saturated heterocycles. The third kappa shape index (κ3) is 3.58. The highest BCUT2D eigenvalue weighted by molar-refractivity contribution is 5.92. The topological polar surface area (TPSA) is 120 Å². The molecule has 8 nitrogen and oxygen atoms in total. The number of allylic oxidation sites excluding steroid dienone is 1. The molecule has 3 fully saturated rings. The predicted octanol–water partition coefficient (Wildman–Crippen LogP) is 2.88. The van der Waals surface area contributed by atoms with Gasteiger partial charge in [0.25, 0.3) is 0 Å². The SMILES string of the molecule is CN=C(N)N1C=CC(CNC)C2(C1)C1CCC(C)C23CC(O)(COC2CCCCC2)C(C(=O)O)=C3C1. The molecule has 6 unspecified atom stereocenters. The van der Waals surface area contributed by atoms with Crippen molar-refractivity contribution in [1.82, 2.24) is 10.2 Å². The van der Waals surface area contributed by atoms with Crippen LogP contribution in [-0.4, -0.2) is 72.5 Å². The maximum absolute atomic E-state index is 12.9. The Hall–Kier alpha value is -1.90. The van der Waals surface area contributed by atoms with Crippen LogP contribution in [0.25, 0.3) is 0 Å². The molecular weight excluding hydrogens is 456 g/mol. The molecule has 0 aromatic rings. The first kappa shape index (κ1) is 25.7. The number of carboxylic acids is 1. The predicted molar refractivity (Wildman–Crippen MR) is 139 cm³/mol. The number of nitrogens with one attached hydrogen (secondary N) is 1. The van der Waals surface area contributed by atoms with Gasteiger partial charge in [0.1, 0.15) is 5.60 Å². The molecule has 36 heavy (non-hydrogen) atoms. The molecule has 8 heteroatoms. The second kappa shape index (κ2) is 9.44. The molecule has 1 aliphatic heterocycles. The minimum Gasteiger partial charge on any atom is -0.478 e. The van der Waals surface area contributed by atoms with Crippen LogP contribution in [0.15, 0.2) is 28.4 Å². The van der Waals surface area contributed by atoms with E-state index in [0.717, 1.165) is 57.1 Å². The monoisotopic (exact) mass is 500 g/mol. The number of aliphatic carboxylic acids is 1. The summed E-state index contributed by atoms with van der Waals surface area (Å²) in [5.74, 6) is 0.259. The molecule has 0 aromatic carbocycles. The normalized spacial score (nSPS) is 40.8. The van der Waals surface area contributed by atoms with Gasteiger partial charge in [-0.2, -0.15) is 0 Å². The van der Waals surface area contributed by atoms with Gasteiger partial charge in [-0.25, -0.2) is 4.79 Å². The second-order valence-electron chi connectivity index (χ2n) is 12.0. The zero-order valence-corrected chi connectivity index (χ0v) is 22.1. The first-order valence-electron chi connectivity index (χ1n) is 13.9. The summed E-state index contributed by atoms with van der Waals surface area (Å²) in [5.41, 5.74) is 5.37. The van der Waals surface area contributed by atoms with Crippen LogP contribution in [-0.2, 0) is 9.53 Å². The first-order valence-corrected chi connectivity index (χ1v) is 13.9. The average Bonchev–Trinajstić information content (AvgIpc) is 3.22. The molecule has 0 aromatic heterocycles. The van der Waals surface area contributed by atoms with E-state index >= 15 is 0 Å². The van der Waals surface area contributed by atoms with E-state index in [1.807, 2.05) is 18.1 Å². The van der Waals surface area contributed by atoms with Crippen molar-refractivity contribution in [2.24, 2.45) is 39.3 Å². The Morgan fingerprint density at radius 3 is 2.69 bits per heavy atom. The summed E-state index contributed by atoms with van der Waals surface area (Å²) < 4.78 is 6.29. The molecule has 5 N–H and O–H groups in total. The summed E-state index contributed by atoms with van der Waals surface area (Å²) in [7, 11) is 3.68. The zero-order valence-electron chi connectivity index (χ0n) is 22.1. The van der Waals surface area contributed by atoms with E-state index in [9.17, 15) is 15.0 Å². The standard InChI is InChI=1S/C28H44N4O4/c1-18-9-10-19-13-22-23(24(33)34)26(35,17-36-21-7-5-4-6-8-21)15-27(18,22)28(19)16-32(25(29)31-3)12-11-20(28)14-30-2/h11-12,18-21,30,35H,4-10,13-17H2,1-3H3,(H2,29,31)(H,33,34). The van der Waals surface area contributed by atoms with Crippen molar-refractivity contribution in [3.05, 3.63) is 23.4 Å². The number of nitrogens with two attached hydrogens (primary N) is 1. The van der Waals surface area contributed by atoms with Crippen LogP contribution < -0.4 is 11.1 Å². The molecule has 0 amide bonds. The molecule has 0 radical (unpaired) electrons. The smallest absolute Gasteiger partial charge is 0.334 e. The minimum absolute atomic E-state index is 0.0623. The van der Waals surface area contributed by atoms with Gasteiger partial charge in [-0.15, -0.1) is 0 Å². The van der Waals surface area contributed by atoms with E-state index in [2.05, 4.69) is 23.3 Å². The number of rotatable bonds is 6. The van der Waals surface area contributed by atoms with Gasteiger partial charge in [0.05, 0.1) is 18.3 Å². The summed E-state index contributed by atoms with van der Waals surface area (Å²) in [6, 6.07) is 0. The number of ether oxygens (including phenoxy) is 1. The molecule has 4 aliphatic carbocycles. The lowest BCUT2D eigenvalue weighted by atomic mass is 9.46. The highest BCUT2D eigenvalue weighted by Gasteiger charge is 2.74. The van der Waals surface area contributed by atoms with E-state index in [1.54, 1.807) is 7.05 Å². The van der Waals surface area contributed by atoms with Gasteiger partial charge in [0, 0.05) is 37.2 Å². The number of hydrogen-bond donors (Lipinski definition) is 4. The van der Waals surface area contributed by atoms with Crippen LogP contribution in [0.1, 0.15) is 64.7 Å². The van der Waals surface area contributed by atoms with E-state index < -0.39 is 17.0 Å². The van der Waals surface area contributed by atoms with Crippen molar-refractivity contribution < 1.29 is 19.7 Å². The van der Waals surface area contributed by atoms with Crippen LogP contribution in [0.4, 0.5) is 0 Å². The summed E-state index contributed by atoms with van der Waals surface area (Å²) in [6.45, 7) is 3.81. The van der Waals surface area contributed by atoms with Gasteiger partial charge in [-0.1, -0.05) is 32.3 Å². The first-order chi connectivity index (χ1) is 17.2. The highest BCUT2D eigenvalue weighted by atomic mass is 16.5. The molecule has 5 rings (SSSR count). The summed E-state index contributed by atoms with van der Waals surface area (Å²) in [4.78, 5) is 19.2. The molecule has 200 valence electrons. The molecule has 5 aliphatic rings. The van der Waals surface area contributed by atoms with Gasteiger partial charge in [0.2, 0.25) is 0 Å². The van der Waals surface area contributed by atoms with Crippen molar-refractivity contribution in [2.75, 3.05) is 33.8 Å². The summed E-state index contributed by atoms with van der Waals surface area (Å²) in [5, 5.41) is 26.1. The molecule has 1 heterocycles. The minimum atomic E-state index is -1.48. The third-order valence-corrected chi connectivity index (χ3v) is 10.5. The van der Waals surface area contributed by atoms with Gasteiger partial charge in [-0.05, 0) is 68.9 Å². The van der Waals surface area contributed by atoms with Gasteiger partial charge in [-0.3, -0.25) is 4.99 Å². The van der Waals surface area contributed by atoms with E-state index in [4.69, 9.17) is 10.5 Å². The Balaban J connectivity index is 1.61. The maximum Gasteiger partial charge on any atom is 0.334 e. The van der Waals surface area contributed by atoms with Crippen molar-refractivity contribution in [2.45, 2.75) is 76.4 Å². The van der Waals surface area contributed by atoms with Gasteiger partial charge in [0.15, 0.2) is 5.96 Å². The number of guanidine groups is 1. The summed E-state index contributed by atoms with van der Waals surface area (Å²) >= 11 is 0. The Morgan fingerprint density at radius 2 is 2.03 bits per heavy atom. The van der Waals surface area contributed by atoms with Crippen molar-refractivity contribution in [3.8, 4) is 0 Å². The fourth-order valence-electron chi connectivity index (χ4n) is 9.10. The molecule has 3 saturated carbocycles. The average molecular weight is 501 g/mol. The Kier molecular flexibility index (Phi) is 6.75. The van der Waals surface area contributed by atoms with E-state index in [1.165, 1.54) is 6.42 Å². The second-order valence-corrected chi connectivity index (χ2v) is 12.0. The van der Waals surface area contributed by atoms with Crippen LogP contribution in [0.3, 0.4) is 0 Å². The van der Waals surface area contributed by atoms with Crippen molar-refractivity contribution in [3.63, 3.8) is 0 Å². The maximum atomic E-state index is 12.9. The third-order valence-electron chi connectivity index (χ3n) is 10.5. The molecule has 2 bridgehead atoms. The van der Waals surface area contributed by atoms with Crippen LogP contribution >= 0.6 is 0 Å². The molecular formula is C28H44N4O4. The summed E-state index contributed by atoms with van der Waals surface area (Å²) in [6.07, 6.45) is 13.1.